The molecule has 0 aliphatic carbocycles. The number of carbonyl (C=O) groups excluding carboxylic acids is 2. The van der Waals surface area contributed by atoms with Gasteiger partial charge >= 0.3 is 0 Å². The van der Waals surface area contributed by atoms with Crippen molar-refractivity contribution >= 4 is 17.5 Å². The van der Waals surface area contributed by atoms with E-state index in [0.29, 0.717) is 19.6 Å². The summed E-state index contributed by atoms with van der Waals surface area (Å²) in [6.07, 6.45) is 0.807. The summed E-state index contributed by atoms with van der Waals surface area (Å²) >= 11 is 0. The highest BCUT2D eigenvalue weighted by molar-refractivity contribution is 5.90. The largest absolute Gasteiger partial charge is 0.364 e. The summed E-state index contributed by atoms with van der Waals surface area (Å²) in [4.78, 5) is 23.7. The number of amides is 2. The zero-order chi connectivity index (χ0) is 18.8. The zero-order valence-electron chi connectivity index (χ0n) is 15.3. The minimum Gasteiger partial charge on any atom is -0.364 e. The van der Waals surface area contributed by atoms with Crippen LogP contribution in [-0.4, -0.2) is 17.9 Å². The molecule has 0 heterocycles. The molecule has 0 aromatic heterocycles. The summed E-state index contributed by atoms with van der Waals surface area (Å²) in [6, 6.07) is 17.2. The lowest BCUT2D eigenvalue weighted by atomic mass is 10.2. The lowest BCUT2D eigenvalue weighted by molar-refractivity contribution is -0.132. The Kier molecular flexibility index (Phi) is 7.83. The van der Waals surface area contributed by atoms with Crippen molar-refractivity contribution in [3.8, 4) is 0 Å². The predicted molar refractivity (Wildman–Crippen MR) is 103 cm³/mol. The zero-order valence-corrected chi connectivity index (χ0v) is 15.3. The normalized spacial score (nSPS) is 11.6. The molecule has 0 aliphatic heterocycles. The van der Waals surface area contributed by atoms with Crippen molar-refractivity contribution in [2.75, 3.05) is 5.32 Å². The molecule has 1 atom stereocenters. The molecule has 5 heteroatoms. The van der Waals surface area contributed by atoms with Crippen LogP contribution in [-0.2, 0) is 27.5 Å². The fraction of sp³-hybridized carbons (Fsp3) is 0.333. The minimum atomic E-state index is -0.525. The molecule has 26 heavy (non-hydrogen) atoms. The van der Waals surface area contributed by atoms with Gasteiger partial charge in [0.05, 0.1) is 6.61 Å². The standard InChI is InChI=1S/C21H26N2O3/c1-3-7-20(24)23-19-12-10-17(11-13-19)14-22-21(25)16(2)26-15-18-8-5-4-6-9-18/h4-6,8-13,16H,3,7,14-15H2,1-2H3,(H,22,25)(H,23,24). The van der Waals surface area contributed by atoms with Gasteiger partial charge in [-0.3, -0.25) is 9.59 Å². The summed E-state index contributed by atoms with van der Waals surface area (Å²) in [6.45, 7) is 4.53. The van der Waals surface area contributed by atoms with Gasteiger partial charge in [-0.05, 0) is 36.6 Å². The lowest BCUT2D eigenvalue weighted by Crippen LogP contribution is -2.34. The molecule has 0 aliphatic rings. The fourth-order valence-electron chi connectivity index (χ4n) is 2.36. The van der Waals surface area contributed by atoms with Gasteiger partial charge in [-0.15, -0.1) is 0 Å². The first kappa shape index (κ1) is 19.7. The van der Waals surface area contributed by atoms with Crippen LogP contribution in [0.4, 0.5) is 5.69 Å². The number of rotatable bonds is 9. The quantitative estimate of drug-likeness (QED) is 0.722. The van der Waals surface area contributed by atoms with Gasteiger partial charge in [0.25, 0.3) is 0 Å². The van der Waals surface area contributed by atoms with Crippen LogP contribution < -0.4 is 10.6 Å². The Morgan fingerprint density at radius 3 is 2.35 bits per heavy atom. The molecule has 0 spiro atoms. The first-order valence-electron chi connectivity index (χ1n) is 8.90. The van der Waals surface area contributed by atoms with Crippen molar-refractivity contribution in [3.05, 3.63) is 65.7 Å². The van der Waals surface area contributed by atoms with E-state index >= 15 is 0 Å². The number of anilines is 1. The predicted octanol–water partition coefficient (Wildman–Crippen LogP) is 3.65. The Morgan fingerprint density at radius 2 is 1.69 bits per heavy atom. The van der Waals surface area contributed by atoms with E-state index in [4.69, 9.17) is 4.74 Å². The van der Waals surface area contributed by atoms with E-state index in [1.807, 2.05) is 61.5 Å². The topological polar surface area (TPSA) is 67.4 Å². The lowest BCUT2D eigenvalue weighted by Gasteiger charge is -2.14. The average Bonchev–Trinajstić information content (AvgIpc) is 2.66. The smallest absolute Gasteiger partial charge is 0.249 e. The molecule has 0 saturated heterocycles. The van der Waals surface area contributed by atoms with Crippen LogP contribution in [0.1, 0.15) is 37.8 Å². The highest BCUT2D eigenvalue weighted by Gasteiger charge is 2.13. The summed E-state index contributed by atoms with van der Waals surface area (Å²) < 4.78 is 5.60. The monoisotopic (exact) mass is 354 g/mol. The van der Waals surface area contributed by atoms with Crippen LogP contribution in [0, 0.1) is 0 Å². The van der Waals surface area contributed by atoms with Crippen LogP contribution in [0.3, 0.4) is 0 Å². The van der Waals surface area contributed by atoms with E-state index in [2.05, 4.69) is 10.6 Å². The number of ether oxygens (including phenoxy) is 1. The van der Waals surface area contributed by atoms with E-state index < -0.39 is 6.10 Å². The van der Waals surface area contributed by atoms with E-state index in [0.717, 1.165) is 23.2 Å². The molecule has 0 radical (unpaired) electrons. The molecule has 1 unspecified atom stereocenters. The molecule has 0 saturated carbocycles. The molecular weight excluding hydrogens is 328 g/mol. The molecule has 2 aromatic carbocycles. The van der Waals surface area contributed by atoms with E-state index in [9.17, 15) is 9.59 Å². The Balaban J connectivity index is 1.75. The molecular formula is C21H26N2O3. The molecule has 2 aromatic rings. The van der Waals surface area contributed by atoms with Gasteiger partial charge in [-0.2, -0.15) is 0 Å². The van der Waals surface area contributed by atoms with Crippen LogP contribution in [0.5, 0.6) is 0 Å². The maximum Gasteiger partial charge on any atom is 0.249 e. The molecule has 0 fully saturated rings. The molecule has 2 N–H and O–H groups in total. The third-order valence-electron chi connectivity index (χ3n) is 3.89. The van der Waals surface area contributed by atoms with Crippen molar-refractivity contribution in [1.82, 2.24) is 5.32 Å². The number of carbonyl (C=O) groups is 2. The van der Waals surface area contributed by atoms with Gasteiger partial charge in [0.15, 0.2) is 0 Å². The SMILES string of the molecule is CCCC(=O)Nc1ccc(CNC(=O)C(C)OCc2ccccc2)cc1. The van der Waals surface area contributed by atoms with Crippen LogP contribution in [0.2, 0.25) is 0 Å². The first-order chi connectivity index (χ1) is 12.6. The van der Waals surface area contributed by atoms with Gasteiger partial charge in [0.1, 0.15) is 6.10 Å². The Hall–Kier alpha value is -2.66. The summed E-state index contributed by atoms with van der Waals surface area (Å²) in [5, 5.41) is 5.70. The molecule has 2 rings (SSSR count). The Bertz CT molecular complexity index is 699. The van der Waals surface area contributed by atoms with E-state index in [1.54, 1.807) is 6.92 Å². The maximum atomic E-state index is 12.1. The van der Waals surface area contributed by atoms with Gasteiger partial charge < -0.3 is 15.4 Å². The van der Waals surface area contributed by atoms with Crippen molar-refractivity contribution < 1.29 is 14.3 Å². The third-order valence-corrected chi connectivity index (χ3v) is 3.89. The highest BCUT2D eigenvalue weighted by Crippen LogP contribution is 2.10. The summed E-state index contributed by atoms with van der Waals surface area (Å²) in [7, 11) is 0. The van der Waals surface area contributed by atoms with Crippen molar-refractivity contribution in [1.29, 1.82) is 0 Å². The van der Waals surface area contributed by atoms with Gasteiger partial charge in [0, 0.05) is 18.7 Å². The fourth-order valence-corrected chi connectivity index (χ4v) is 2.36. The number of hydrogen-bond donors (Lipinski definition) is 2. The van der Waals surface area contributed by atoms with Gasteiger partial charge in [0.2, 0.25) is 11.8 Å². The van der Waals surface area contributed by atoms with Crippen molar-refractivity contribution in [3.63, 3.8) is 0 Å². The minimum absolute atomic E-state index is 0.0120. The van der Waals surface area contributed by atoms with Crippen LogP contribution in [0.15, 0.2) is 54.6 Å². The van der Waals surface area contributed by atoms with Crippen LogP contribution in [0.25, 0.3) is 0 Å². The van der Waals surface area contributed by atoms with Gasteiger partial charge in [-0.25, -0.2) is 0 Å². The van der Waals surface area contributed by atoms with E-state index in [-0.39, 0.29) is 11.8 Å². The first-order valence-corrected chi connectivity index (χ1v) is 8.90. The molecule has 0 bridgehead atoms. The Labute approximate surface area is 154 Å². The summed E-state index contributed by atoms with van der Waals surface area (Å²) in [5.74, 6) is -0.140. The second-order valence-corrected chi connectivity index (χ2v) is 6.15. The number of nitrogens with one attached hydrogen (secondary N) is 2. The molecule has 138 valence electrons. The second kappa shape index (κ2) is 10.4. The average molecular weight is 354 g/mol. The number of benzene rings is 2. The second-order valence-electron chi connectivity index (χ2n) is 6.15. The molecule has 5 nitrogen and oxygen atoms in total. The van der Waals surface area contributed by atoms with Gasteiger partial charge in [-0.1, -0.05) is 49.4 Å². The van der Waals surface area contributed by atoms with Crippen LogP contribution >= 0.6 is 0 Å². The Morgan fingerprint density at radius 1 is 1.00 bits per heavy atom. The van der Waals surface area contributed by atoms with Crippen molar-refractivity contribution in [2.24, 2.45) is 0 Å². The van der Waals surface area contributed by atoms with Crippen molar-refractivity contribution in [2.45, 2.75) is 45.9 Å². The third kappa shape index (κ3) is 6.69. The highest BCUT2D eigenvalue weighted by atomic mass is 16.5. The van der Waals surface area contributed by atoms with E-state index in [1.165, 1.54) is 0 Å². The maximum absolute atomic E-state index is 12.1. The molecule has 2 amide bonds. The number of hydrogen-bond acceptors (Lipinski definition) is 3. The summed E-state index contributed by atoms with van der Waals surface area (Å²) in [5.41, 5.74) is 2.76.